The third-order valence-electron chi connectivity index (χ3n) is 5.70. The Kier molecular flexibility index (Phi) is 6.26. The Morgan fingerprint density at radius 2 is 2.00 bits per heavy atom. The lowest BCUT2D eigenvalue weighted by atomic mass is 9.77. The van der Waals surface area contributed by atoms with Crippen LogP contribution >= 0.6 is 11.6 Å². The van der Waals surface area contributed by atoms with Crippen LogP contribution in [0.15, 0.2) is 59.2 Å². The van der Waals surface area contributed by atoms with Gasteiger partial charge in [-0.2, -0.15) is 10.5 Å². The number of nitrogens with two attached hydrogens (primary N) is 1. The maximum Gasteiger partial charge on any atom is 0.205 e. The standard InChI is InChI=1S/C25H20ClN3O4/c1-31-21-10-16(9-18(26)24(21)32-13-15-6-3-2-5-14(15)11-27)22-17(12-28)25(29)33-20-8-4-7-19(30)23(20)22/h2-3,5-6,9-10,22H,4,7-8,13,29H2,1H3/t22-/m0/s1. The van der Waals surface area contributed by atoms with Crippen LogP contribution in [0.5, 0.6) is 11.5 Å². The van der Waals surface area contributed by atoms with Gasteiger partial charge in [0.15, 0.2) is 17.3 Å². The summed E-state index contributed by atoms with van der Waals surface area (Å²) in [4.78, 5) is 12.8. The molecule has 1 aliphatic carbocycles. The summed E-state index contributed by atoms with van der Waals surface area (Å²) in [7, 11) is 1.47. The average molecular weight is 462 g/mol. The van der Waals surface area contributed by atoms with Gasteiger partial charge in [0, 0.05) is 24.0 Å². The fourth-order valence-electron chi connectivity index (χ4n) is 4.14. The molecule has 8 heteroatoms. The van der Waals surface area contributed by atoms with E-state index in [-0.39, 0.29) is 28.9 Å². The fourth-order valence-corrected chi connectivity index (χ4v) is 4.41. The van der Waals surface area contributed by atoms with E-state index in [0.717, 1.165) is 0 Å². The minimum Gasteiger partial charge on any atom is -0.493 e. The minimum absolute atomic E-state index is 0.0144. The van der Waals surface area contributed by atoms with Gasteiger partial charge in [0.05, 0.1) is 29.7 Å². The van der Waals surface area contributed by atoms with E-state index in [4.69, 9.17) is 31.5 Å². The number of carbonyl (C=O) groups is 1. The van der Waals surface area contributed by atoms with Crippen molar-refractivity contribution in [3.05, 3.63) is 80.9 Å². The normalized spacial score (nSPS) is 17.6. The molecule has 0 amide bonds. The molecule has 0 spiro atoms. The van der Waals surface area contributed by atoms with Crippen molar-refractivity contribution in [2.45, 2.75) is 31.8 Å². The van der Waals surface area contributed by atoms with Crippen LogP contribution in [-0.2, 0) is 16.1 Å². The number of nitriles is 2. The Balaban J connectivity index is 1.75. The van der Waals surface area contributed by atoms with Crippen molar-refractivity contribution < 1.29 is 19.0 Å². The molecule has 166 valence electrons. The number of benzene rings is 2. The summed E-state index contributed by atoms with van der Waals surface area (Å²) in [6.45, 7) is 0.112. The van der Waals surface area contributed by atoms with Crippen LogP contribution in [0.3, 0.4) is 0 Å². The predicted molar refractivity (Wildman–Crippen MR) is 120 cm³/mol. The lowest BCUT2D eigenvalue weighted by Gasteiger charge is -2.31. The first-order chi connectivity index (χ1) is 16.0. The summed E-state index contributed by atoms with van der Waals surface area (Å²) in [5, 5.41) is 19.3. The van der Waals surface area contributed by atoms with E-state index in [1.807, 2.05) is 6.07 Å². The maximum atomic E-state index is 12.8. The molecule has 7 nitrogen and oxygen atoms in total. The van der Waals surface area contributed by atoms with Crippen molar-refractivity contribution in [2.24, 2.45) is 5.73 Å². The van der Waals surface area contributed by atoms with Crippen LogP contribution in [-0.4, -0.2) is 12.9 Å². The summed E-state index contributed by atoms with van der Waals surface area (Å²) in [5.74, 6) is 0.328. The third-order valence-corrected chi connectivity index (χ3v) is 5.98. The molecule has 33 heavy (non-hydrogen) atoms. The van der Waals surface area contributed by atoms with Crippen LogP contribution < -0.4 is 15.2 Å². The van der Waals surface area contributed by atoms with Crippen LogP contribution in [0, 0.1) is 22.7 Å². The van der Waals surface area contributed by atoms with Gasteiger partial charge in [-0.05, 0) is 30.2 Å². The molecule has 2 N–H and O–H groups in total. The zero-order valence-electron chi connectivity index (χ0n) is 17.9. The second-order valence-corrected chi connectivity index (χ2v) is 8.04. The average Bonchev–Trinajstić information content (AvgIpc) is 2.82. The van der Waals surface area contributed by atoms with Crippen LogP contribution in [0.25, 0.3) is 0 Å². The van der Waals surface area contributed by atoms with Crippen molar-refractivity contribution in [3.63, 3.8) is 0 Å². The Bertz CT molecular complexity index is 1280. The number of Topliss-reactive ketones (excluding diaryl/α,β-unsaturated/α-hetero) is 1. The van der Waals surface area contributed by atoms with Crippen LogP contribution in [0.2, 0.25) is 5.02 Å². The first-order valence-electron chi connectivity index (χ1n) is 10.3. The van der Waals surface area contributed by atoms with E-state index in [0.29, 0.717) is 58.8 Å². The number of hydrogen-bond acceptors (Lipinski definition) is 7. The van der Waals surface area contributed by atoms with Gasteiger partial charge in [0.2, 0.25) is 5.88 Å². The molecule has 0 unspecified atom stereocenters. The summed E-state index contributed by atoms with van der Waals surface area (Å²) in [5.41, 5.74) is 8.39. The lowest BCUT2D eigenvalue weighted by molar-refractivity contribution is -0.116. The molecule has 1 atom stereocenters. The van der Waals surface area contributed by atoms with Crippen LogP contribution in [0.1, 0.15) is 41.9 Å². The van der Waals surface area contributed by atoms with E-state index >= 15 is 0 Å². The first kappa shape index (κ1) is 22.3. The molecule has 0 bridgehead atoms. The smallest absolute Gasteiger partial charge is 0.205 e. The maximum absolute atomic E-state index is 12.8. The number of nitrogens with zero attached hydrogens (tertiary/aromatic N) is 2. The second kappa shape index (κ2) is 9.28. The van der Waals surface area contributed by atoms with Crippen molar-refractivity contribution in [2.75, 3.05) is 7.11 Å². The van der Waals surface area contributed by atoms with Crippen molar-refractivity contribution in [3.8, 4) is 23.6 Å². The fraction of sp³-hybridized carbons (Fsp3) is 0.240. The predicted octanol–water partition coefficient (Wildman–Crippen LogP) is 4.61. The van der Waals surface area contributed by atoms with E-state index in [1.165, 1.54) is 7.11 Å². The quantitative estimate of drug-likeness (QED) is 0.690. The van der Waals surface area contributed by atoms with E-state index in [1.54, 1.807) is 30.3 Å². The van der Waals surface area contributed by atoms with E-state index in [9.17, 15) is 15.3 Å². The molecular formula is C25H20ClN3O4. The molecule has 0 fully saturated rings. The number of ketones is 1. The number of ether oxygens (including phenoxy) is 3. The largest absolute Gasteiger partial charge is 0.493 e. The van der Waals surface area contributed by atoms with Gasteiger partial charge in [0.1, 0.15) is 24.0 Å². The highest BCUT2D eigenvalue weighted by Crippen LogP contribution is 2.47. The number of halogens is 1. The number of carbonyl (C=O) groups excluding carboxylic acids is 1. The molecule has 1 heterocycles. The molecule has 2 aromatic carbocycles. The van der Waals surface area contributed by atoms with Crippen molar-refractivity contribution in [1.82, 2.24) is 0 Å². The number of allylic oxidation sites excluding steroid dienone is 3. The Hall–Kier alpha value is -3.94. The lowest BCUT2D eigenvalue weighted by Crippen LogP contribution is -2.27. The van der Waals surface area contributed by atoms with Gasteiger partial charge in [-0.1, -0.05) is 29.8 Å². The van der Waals surface area contributed by atoms with E-state index in [2.05, 4.69) is 12.1 Å². The van der Waals surface area contributed by atoms with Gasteiger partial charge < -0.3 is 19.9 Å². The molecule has 0 aromatic heterocycles. The highest BCUT2D eigenvalue weighted by Gasteiger charge is 2.38. The van der Waals surface area contributed by atoms with Crippen molar-refractivity contribution >= 4 is 17.4 Å². The minimum atomic E-state index is -0.702. The SMILES string of the molecule is COc1cc([C@H]2C(C#N)=C(N)OC3=C2C(=O)CCC3)cc(Cl)c1OCc1ccccc1C#N. The molecule has 1 aliphatic heterocycles. The summed E-state index contributed by atoms with van der Waals surface area (Å²) < 4.78 is 17.1. The Morgan fingerprint density at radius 1 is 1.21 bits per heavy atom. The second-order valence-electron chi connectivity index (χ2n) is 7.63. The zero-order valence-corrected chi connectivity index (χ0v) is 18.6. The monoisotopic (exact) mass is 461 g/mol. The van der Waals surface area contributed by atoms with Crippen LogP contribution in [0.4, 0.5) is 0 Å². The third kappa shape index (κ3) is 4.11. The number of hydrogen-bond donors (Lipinski definition) is 1. The topological polar surface area (TPSA) is 118 Å². The first-order valence-corrected chi connectivity index (χ1v) is 10.7. The number of rotatable bonds is 5. The molecule has 0 saturated carbocycles. The Labute approximate surface area is 196 Å². The van der Waals surface area contributed by atoms with Gasteiger partial charge in [0.25, 0.3) is 0 Å². The van der Waals surface area contributed by atoms with Gasteiger partial charge >= 0.3 is 0 Å². The highest BCUT2D eigenvalue weighted by molar-refractivity contribution is 6.32. The van der Waals surface area contributed by atoms with E-state index < -0.39 is 5.92 Å². The molecule has 2 aliphatic rings. The Morgan fingerprint density at radius 3 is 2.73 bits per heavy atom. The highest BCUT2D eigenvalue weighted by atomic mass is 35.5. The van der Waals surface area contributed by atoms with Gasteiger partial charge in [-0.3, -0.25) is 4.79 Å². The molecule has 4 rings (SSSR count). The molecule has 2 aromatic rings. The summed E-state index contributed by atoms with van der Waals surface area (Å²) in [6.07, 6.45) is 1.61. The zero-order chi connectivity index (χ0) is 23.5. The molecular weight excluding hydrogens is 442 g/mol. The van der Waals surface area contributed by atoms with Gasteiger partial charge in [-0.15, -0.1) is 0 Å². The molecule has 0 saturated heterocycles. The molecule has 0 radical (unpaired) electrons. The van der Waals surface area contributed by atoms with Gasteiger partial charge in [-0.25, -0.2) is 0 Å². The summed E-state index contributed by atoms with van der Waals surface area (Å²) in [6, 6.07) is 14.6. The number of methoxy groups -OCH3 is 1. The van der Waals surface area contributed by atoms with Crippen molar-refractivity contribution in [1.29, 1.82) is 10.5 Å². The summed E-state index contributed by atoms with van der Waals surface area (Å²) >= 11 is 6.58.